The highest BCUT2D eigenvalue weighted by molar-refractivity contribution is 5.77. The Kier molecular flexibility index (Phi) is 7.02. The van der Waals surface area contributed by atoms with E-state index in [0.29, 0.717) is 18.8 Å². The predicted octanol–water partition coefficient (Wildman–Crippen LogP) is 2.87. The molecule has 1 amide bonds. The van der Waals surface area contributed by atoms with Crippen molar-refractivity contribution in [3.63, 3.8) is 0 Å². The minimum absolute atomic E-state index is 0.00547. The fraction of sp³-hybridized carbons (Fsp3) is 0.471. The molecular formula is C17H25NO2. The molecule has 1 aromatic carbocycles. The first-order chi connectivity index (χ1) is 9.58. The Hall–Kier alpha value is -1.61. The van der Waals surface area contributed by atoms with Crippen LogP contribution in [-0.2, 0) is 4.79 Å². The van der Waals surface area contributed by atoms with E-state index in [1.807, 2.05) is 50.3 Å². The molecule has 2 N–H and O–H groups in total. The number of carbonyl (C=O) groups excluding carboxylic acids is 1. The van der Waals surface area contributed by atoms with Crippen LogP contribution < -0.4 is 5.32 Å². The van der Waals surface area contributed by atoms with E-state index in [-0.39, 0.29) is 24.5 Å². The molecule has 2 unspecified atom stereocenters. The number of allylic oxidation sites excluding steroid dienone is 1. The minimum Gasteiger partial charge on any atom is -0.396 e. The van der Waals surface area contributed by atoms with Crippen molar-refractivity contribution >= 4 is 5.91 Å². The van der Waals surface area contributed by atoms with Gasteiger partial charge in [-0.15, -0.1) is 6.58 Å². The van der Waals surface area contributed by atoms with Crippen LogP contribution in [0.15, 0.2) is 43.0 Å². The van der Waals surface area contributed by atoms with Crippen molar-refractivity contribution in [3.05, 3.63) is 48.6 Å². The standard InChI is InChI=1S/C17H25NO2/c1-4-14(15-8-6-5-7-9-15)12-17(20)18-16(10-11-19)13(2)3/h4-9,13-14,16,19H,1,10-12H2,2-3H3,(H,18,20). The molecule has 0 saturated heterocycles. The number of carbonyl (C=O) groups is 1. The van der Waals surface area contributed by atoms with Gasteiger partial charge < -0.3 is 10.4 Å². The SMILES string of the molecule is C=CC(CC(=O)NC(CCO)C(C)C)c1ccccc1. The summed E-state index contributed by atoms with van der Waals surface area (Å²) in [4.78, 5) is 12.1. The maximum absolute atomic E-state index is 12.1. The Morgan fingerprint density at radius 1 is 1.35 bits per heavy atom. The van der Waals surface area contributed by atoms with E-state index >= 15 is 0 Å². The molecule has 0 spiro atoms. The Bertz CT molecular complexity index is 414. The zero-order valence-electron chi connectivity index (χ0n) is 12.4. The largest absolute Gasteiger partial charge is 0.396 e. The fourth-order valence-electron chi connectivity index (χ4n) is 2.21. The van der Waals surface area contributed by atoms with Crippen LogP contribution in [0, 0.1) is 5.92 Å². The Morgan fingerprint density at radius 2 is 2.00 bits per heavy atom. The summed E-state index contributed by atoms with van der Waals surface area (Å²) in [5.74, 6) is 0.342. The fourth-order valence-corrected chi connectivity index (χ4v) is 2.21. The number of hydrogen-bond acceptors (Lipinski definition) is 2. The first-order valence-corrected chi connectivity index (χ1v) is 7.16. The van der Waals surface area contributed by atoms with Crippen molar-refractivity contribution in [1.82, 2.24) is 5.32 Å². The van der Waals surface area contributed by atoms with Crippen molar-refractivity contribution in [2.45, 2.75) is 38.6 Å². The first kappa shape index (κ1) is 16.4. The molecule has 0 fully saturated rings. The van der Waals surface area contributed by atoms with E-state index in [2.05, 4.69) is 11.9 Å². The summed E-state index contributed by atoms with van der Waals surface area (Å²) in [6.45, 7) is 8.00. The van der Waals surface area contributed by atoms with Gasteiger partial charge in [0.2, 0.25) is 5.91 Å². The smallest absolute Gasteiger partial charge is 0.221 e. The van der Waals surface area contributed by atoms with E-state index in [4.69, 9.17) is 5.11 Å². The molecule has 1 rings (SSSR count). The van der Waals surface area contributed by atoms with Gasteiger partial charge in [0.05, 0.1) is 0 Å². The Morgan fingerprint density at radius 3 is 2.50 bits per heavy atom. The number of benzene rings is 1. The highest BCUT2D eigenvalue weighted by Crippen LogP contribution is 2.20. The predicted molar refractivity (Wildman–Crippen MR) is 82.5 cm³/mol. The maximum atomic E-state index is 12.1. The second-order valence-corrected chi connectivity index (χ2v) is 5.39. The Labute approximate surface area is 121 Å². The average Bonchev–Trinajstić information content (AvgIpc) is 2.45. The summed E-state index contributed by atoms with van der Waals surface area (Å²) >= 11 is 0. The first-order valence-electron chi connectivity index (χ1n) is 7.16. The van der Waals surface area contributed by atoms with E-state index in [0.717, 1.165) is 5.56 Å². The highest BCUT2D eigenvalue weighted by atomic mass is 16.3. The number of rotatable bonds is 8. The summed E-state index contributed by atoms with van der Waals surface area (Å²) in [5, 5.41) is 12.0. The maximum Gasteiger partial charge on any atom is 0.221 e. The number of nitrogens with one attached hydrogen (secondary N) is 1. The van der Waals surface area contributed by atoms with Crippen LogP contribution in [-0.4, -0.2) is 23.7 Å². The lowest BCUT2D eigenvalue weighted by Crippen LogP contribution is -2.39. The summed E-state index contributed by atoms with van der Waals surface area (Å²) in [7, 11) is 0. The molecule has 0 radical (unpaired) electrons. The second-order valence-electron chi connectivity index (χ2n) is 5.39. The molecule has 0 aliphatic carbocycles. The van der Waals surface area contributed by atoms with Crippen molar-refractivity contribution in [2.24, 2.45) is 5.92 Å². The third-order valence-electron chi connectivity index (χ3n) is 3.51. The van der Waals surface area contributed by atoms with Crippen molar-refractivity contribution in [3.8, 4) is 0 Å². The monoisotopic (exact) mass is 275 g/mol. The van der Waals surface area contributed by atoms with E-state index in [9.17, 15) is 4.79 Å². The molecule has 110 valence electrons. The summed E-state index contributed by atoms with van der Waals surface area (Å²) in [6.07, 6.45) is 2.79. The van der Waals surface area contributed by atoms with Gasteiger partial charge in [-0.25, -0.2) is 0 Å². The molecule has 0 aromatic heterocycles. The van der Waals surface area contributed by atoms with Crippen LogP contribution >= 0.6 is 0 Å². The van der Waals surface area contributed by atoms with Crippen LogP contribution in [0.3, 0.4) is 0 Å². The molecule has 0 bridgehead atoms. The molecule has 0 heterocycles. The van der Waals surface area contributed by atoms with Gasteiger partial charge in [0.1, 0.15) is 0 Å². The molecule has 3 nitrogen and oxygen atoms in total. The lowest BCUT2D eigenvalue weighted by Gasteiger charge is -2.22. The number of amides is 1. The highest BCUT2D eigenvalue weighted by Gasteiger charge is 2.18. The van der Waals surface area contributed by atoms with Crippen LogP contribution in [0.5, 0.6) is 0 Å². The summed E-state index contributed by atoms with van der Waals surface area (Å²) < 4.78 is 0. The average molecular weight is 275 g/mol. The van der Waals surface area contributed by atoms with Gasteiger partial charge in [0.15, 0.2) is 0 Å². The van der Waals surface area contributed by atoms with Crippen LogP contribution in [0.4, 0.5) is 0 Å². The van der Waals surface area contributed by atoms with Crippen molar-refractivity contribution in [1.29, 1.82) is 0 Å². The van der Waals surface area contributed by atoms with Crippen molar-refractivity contribution < 1.29 is 9.90 Å². The molecule has 3 heteroatoms. The quantitative estimate of drug-likeness (QED) is 0.717. The molecule has 1 aromatic rings. The van der Waals surface area contributed by atoms with Gasteiger partial charge in [-0.05, 0) is 17.9 Å². The van der Waals surface area contributed by atoms with Gasteiger partial charge in [-0.3, -0.25) is 4.79 Å². The van der Waals surface area contributed by atoms with Crippen LogP contribution in [0.1, 0.15) is 38.2 Å². The van der Waals surface area contributed by atoms with Gasteiger partial charge in [-0.2, -0.15) is 0 Å². The van der Waals surface area contributed by atoms with E-state index in [1.54, 1.807) is 0 Å². The molecule has 0 aliphatic rings. The molecule has 0 aliphatic heterocycles. The number of aliphatic hydroxyl groups is 1. The zero-order valence-corrected chi connectivity index (χ0v) is 12.4. The van der Waals surface area contributed by atoms with Gasteiger partial charge in [0.25, 0.3) is 0 Å². The zero-order chi connectivity index (χ0) is 15.0. The summed E-state index contributed by atoms with van der Waals surface area (Å²) in [5.41, 5.74) is 1.10. The number of aliphatic hydroxyl groups excluding tert-OH is 1. The Balaban J connectivity index is 2.61. The van der Waals surface area contributed by atoms with Crippen LogP contribution in [0.2, 0.25) is 0 Å². The lowest BCUT2D eigenvalue weighted by molar-refractivity contribution is -0.122. The van der Waals surface area contributed by atoms with Crippen molar-refractivity contribution in [2.75, 3.05) is 6.61 Å². The third kappa shape index (κ3) is 5.17. The molecule has 0 saturated carbocycles. The van der Waals surface area contributed by atoms with Gasteiger partial charge >= 0.3 is 0 Å². The number of hydrogen-bond donors (Lipinski definition) is 2. The molecule has 20 heavy (non-hydrogen) atoms. The normalized spacial score (nSPS) is 13.8. The third-order valence-corrected chi connectivity index (χ3v) is 3.51. The second kappa shape index (κ2) is 8.54. The van der Waals surface area contributed by atoms with E-state index < -0.39 is 0 Å². The van der Waals surface area contributed by atoms with Gasteiger partial charge in [-0.1, -0.05) is 50.3 Å². The topological polar surface area (TPSA) is 49.3 Å². The molecule has 2 atom stereocenters. The lowest BCUT2D eigenvalue weighted by atomic mass is 9.94. The summed E-state index contributed by atoms with van der Waals surface area (Å²) in [6, 6.07) is 9.92. The minimum atomic E-state index is 0.00547. The van der Waals surface area contributed by atoms with Gasteiger partial charge in [0, 0.05) is 25.0 Å². The van der Waals surface area contributed by atoms with Crippen LogP contribution in [0.25, 0.3) is 0 Å². The van der Waals surface area contributed by atoms with E-state index in [1.165, 1.54) is 0 Å². The molecular weight excluding hydrogens is 250 g/mol.